The molecule has 0 spiro atoms. The first kappa shape index (κ1) is 15.1. The Hall–Kier alpha value is -1.85. The molecule has 3 rings (SSSR count). The predicted molar refractivity (Wildman–Crippen MR) is 84.7 cm³/mol. The lowest BCUT2D eigenvalue weighted by molar-refractivity contribution is 0.0393. The van der Waals surface area contributed by atoms with Crippen molar-refractivity contribution in [2.24, 2.45) is 0 Å². The van der Waals surface area contributed by atoms with Gasteiger partial charge >= 0.3 is 0 Å². The molecular formula is C17H23N3O2. The second kappa shape index (κ2) is 7.42. The zero-order valence-electron chi connectivity index (χ0n) is 12.7. The number of benzene rings is 1. The number of nitrogens with zero attached hydrogens (tertiary/aromatic N) is 2. The summed E-state index contributed by atoms with van der Waals surface area (Å²) in [5, 5.41) is 17.2. The molecule has 2 heterocycles. The van der Waals surface area contributed by atoms with Gasteiger partial charge in [0, 0.05) is 24.3 Å². The fraction of sp³-hybridized carbons (Fsp3) is 0.471. The molecule has 1 fully saturated rings. The van der Waals surface area contributed by atoms with E-state index in [1.54, 1.807) is 0 Å². The molecule has 1 aliphatic rings. The van der Waals surface area contributed by atoms with Gasteiger partial charge in [-0.15, -0.1) is 0 Å². The molecule has 1 aromatic carbocycles. The van der Waals surface area contributed by atoms with Crippen molar-refractivity contribution in [2.45, 2.75) is 31.4 Å². The van der Waals surface area contributed by atoms with Gasteiger partial charge in [0.05, 0.1) is 6.20 Å². The van der Waals surface area contributed by atoms with Gasteiger partial charge < -0.3 is 9.84 Å². The number of nitrogens with one attached hydrogen (secondary N) is 1. The number of likely N-dealkylation sites (tertiary alicyclic amines) is 1. The van der Waals surface area contributed by atoms with E-state index < -0.39 is 6.10 Å². The number of aromatic amines is 1. The first-order chi connectivity index (χ1) is 10.8. The minimum atomic E-state index is -0.493. The Bertz CT molecular complexity index is 544. The van der Waals surface area contributed by atoms with E-state index >= 15 is 0 Å². The Morgan fingerprint density at radius 3 is 2.95 bits per heavy atom. The number of hydrogen-bond acceptors (Lipinski definition) is 4. The minimum absolute atomic E-state index is 0.318. The smallest absolute Gasteiger partial charge is 0.119 e. The molecule has 22 heavy (non-hydrogen) atoms. The van der Waals surface area contributed by atoms with Gasteiger partial charge in [0.1, 0.15) is 18.5 Å². The Morgan fingerprint density at radius 2 is 2.18 bits per heavy atom. The van der Waals surface area contributed by atoms with E-state index in [0.29, 0.717) is 19.2 Å². The number of β-amino-alcohol motifs (C(OH)–C–C–N with tert-alkyl or cyclic N) is 1. The van der Waals surface area contributed by atoms with E-state index in [9.17, 15) is 5.11 Å². The third kappa shape index (κ3) is 3.87. The van der Waals surface area contributed by atoms with Crippen molar-refractivity contribution in [3.8, 4) is 5.75 Å². The molecule has 1 aromatic heterocycles. The van der Waals surface area contributed by atoms with Crippen LogP contribution in [0.25, 0.3) is 0 Å². The van der Waals surface area contributed by atoms with Crippen LogP contribution in [0, 0.1) is 0 Å². The quantitative estimate of drug-likeness (QED) is 0.860. The second-order valence-corrected chi connectivity index (χ2v) is 5.82. The molecule has 0 bridgehead atoms. The van der Waals surface area contributed by atoms with Crippen LogP contribution in [0.1, 0.15) is 30.9 Å². The first-order valence-corrected chi connectivity index (χ1v) is 7.91. The largest absolute Gasteiger partial charge is 0.491 e. The van der Waals surface area contributed by atoms with Crippen LogP contribution in [0.4, 0.5) is 0 Å². The number of aliphatic hydroxyl groups excluding tert-OH is 1. The number of rotatable bonds is 6. The first-order valence-electron chi connectivity index (χ1n) is 7.91. The Morgan fingerprint density at radius 1 is 1.32 bits per heavy atom. The van der Waals surface area contributed by atoms with E-state index in [-0.39, 0.29) is 0 Å². The summed E-state index contributed by atoms with van der Waals surface area (Å²) in [7, 11) is 0. The van der Waals surface area contributed by atoms with E-state index in [2.05, 4.69) is 15.1 Å². The van der Waals surface area contributed by atoms with Crippen LogP contribution in [0.2, 0.25) is 0 Å². The highest BCUT2D eigenvalue weighted by atomic mass is 16.5. The number of para-hydroxylation sites is 1. The van der Waals surface area contributed by atoms with Crippen molar-refractivity contribution in [1.82, 2.24) is 15.1 Å². The molecule has 5 nitrogen and oxygen atoms in total. The van der Waals surface area contributed by atoms with Crippen LogP contribution in [-0.4, -0.2) is 46.0 Å². The molecule has 0 radical (unpaired) electrons. The lowest BCUT2D eigenvalue weighted by Crippen LogP contribution is -2.40. The van der Waals surface area contributed by atoms with Crippen molar-refractivity contribution in [1.29, 1.82) is 0 Å². The summed E-state index contributed by atoms with van der Waals surface area (Å²) >= 11 is 0. The van der Waals surface area contributed by atoms with Crippen LogP contribution in [0.5, 0.6) is 5.75 Å². The molecule has 1 aliphatic heterocycles. The summed E-state index contributed by atoms with van der Waals surface area (Å²) in [5.74, 6) is 0.798. The highest BCUT2D eigenvalue weighted by Gasteiger charge is 2.26. The Balaban J connectivity index is 1.54. The van der Waals surface area contributed by atoms with Gasteiger partial charge in [0.25, 0.3) is 0 Å². The third-order valence-corrected chi connectivity index (χ3v) is 4.15. The Labute approximate surface area is 130 Å². The summed E-state index contributed by atoms with van der Waals surface area (Å²) in [6.07, 6.45) is 6.87. The number of ether oxygens (including phenoxy) is 1. The van der Waals surface area contributed by atoms with E-state index in [1.807, 2.05) is 42.7 Å². The van der Waals surface area contributed by atoms with Gasteiger partial charge in [-0.05, 0) is 31.5 Å². The molecule has 0 saturated carbocycles. The minimum Gasteiger partial charge on any atom is -0.491 e. The highest BCUT2D eigenvalue weighted by Crippen LogP contribution is 2.30. The maximum atomic E-state index is 10.3. The molecule has 2 atom stereocenters. The standard InChI is InChI=1S/C17H23N3O2/c21-15(13-22-16-6-2-1-3-7-16)12-20-9-5-4-8-17(20)14-10-18-19-11-14/h1-3,6-7,10-11,15,17,21H,4-5,8-9,12-13H2,(H,18,19)/t15-,17-/m1/s1. The monoisotopic (exact) mass is 301 g/mol. The maximum Gasteiger partial charge on any atom is 0.119 e. The number of piperidine rings is 1. The van der Waals surface area contributed by atoms with Gasteiger partial charge in [-0.2, -0.15) is 5.10 Å². The topological polar surface area (TPSA) is 61.4 Å². The number of hydrogen-bond donors (Lipinski definition) is 2. The summed E-state index contributed by atoms with van der Waals surface area (Å²) in [5.41, 5.74) is 1.20. The van der Waals surface area contributed by atoms with Crippen molar-refractivity contribution in [2.75, 3.05) is 19.7 Å². The van der Waals surface area contributed by atoms with E-state index in [4.69, 9.17) is 4.74 Å². The molecule has 0 unspecified atom stereocenters. The van der Waals surface area contributed by atoms with Crippen molar-refractivity contribution in [3.05, 3.63) is 48.3 Å². The van der Waals surface area contributed by atoms with Crippen LogP contribution in [0.15, 0.2) is 42.7 Å². The van der Waals surface area contributed by atoms with Gasteiger partial charge in [0.15, 0.2) is 0 Å². The van der Waals surface area contributed by atoms with E-state index in [0.717, 1.165) is 18.7 Å². The number of aliphatic hydroxyl groups is 1. The van der Waals surface area contributed by atoms with Crippen LogP contribution < -0.4 is 4.74 Å². The molecule has 2 N–H and O–H groups in total. The molecule has 0 aliphatic carbocycles. The number of aromatic nitrogens is 2. The zero-order chi connectivity index (χ0) is 15.2. The SMILES string of the molecule is O[C@@H](COc1ccccc1)CN1CCCC[C@@H]1c1cn[nH]c1. The van der Waals surface area contributed by atoms with Crippen LogP contribution >= 0.6 is 0 Å². The average Bonchev–Trinajstić information content (AvgIpc) is 3.09. The van der Waals surface area contributed by atoms with E-state index in [1.165, 1.54) is 18.4 Å². The summed E-state index contributed by atoms with van der Waals surface area (Å²) in [6.45, 7) is 1.96. The maximum absolute atomic E-state index is 10.3. The van der Waals surface area contributed by atoms with Crippen molar-refractivity contribution in [3.63, 3.8) is 0 Å². The van der Waals surface area contributed by atoms with Gasteiger partial charge in [-0.25, -0.2) is 0 Å². The molecule has 1 saturated heterocycles. The zero-order valence-corrected chi connectivity index (χ0v) is 12.7. The van der Waals surface area contributed by atoms with Crippen molar-refractivity contribution < 1.29 is 9.84 Å². The fourth-order valence-corrected chi connectivity index (χ4v) is 3.06. The lowest BCUT2D eigenvalue weighted by Gasteiger charge is -2.36. The number of H-pyrrole nitrogens is 1. The predicted octanol–water partition coefficient (Wildman–Crippen LogP) is 2.38. The molecule has 0 amide bonds. The average molecular weight is 301 g/mol. The molecule has 118 valence electrons. The Kier molecular flexibility index (Phi) is 5.08. The van der Waals surface area contributed by atoms with Crippen LogP contribution in [0.3, 0.4) is 0 Å². The van der Waals surface area contributed by atoms with Crippen LogP contribution in [-0.2, 0) is 0 Å². The summed E-state index contributed by atoms with van der Waals surface area (Å²) < 4.78 is 5.64. The molecule has 2 aromatic rings. The fourth-order valence-electron chi connectivity index (χ4n) is 3.06. The molecular weight excluding hydrogens is 278 g/mol. The van der Waals surface area contributed by atoms with Gasteiger partial charge in [0.2, 0.25) is 0 Å². The lowest BCUT2D eigenvalue weighted by atomic mass is 9.97. The third-order valence-electron chi connectivity index (χ3n) is 4.15. The second-order valence-electron chi connectivity index (χ2n) is 5.82. The van der Waals surface area contributed by atoms with Gasteiger partial charge in [-0.1, -0.05) is 24.6 Å². The highest BCUT2D eigenvalue weighted by molar-refractivity contribution is 5.20. The normalized spacial score (nSPS) is 20.7. The van der Waals surface area contributed by atoms with Crippen molar-refractivity contribution >= 4 is 0 Å². The molecule has 5 heteroatoms. The summed E-state index contributed by atoms with van der Waals surface area (Å²) in [6, 6.07) is 9.97. The van der Waals surface area contributed by atoms with Gasteiger partial charge in [-0.3, -0.25) is 10.00 Å². The summed E-state index contributed by atoms with van der Waals surface area (Å²) in [4.78, 5) is 2.34.